The van der Waals surface area contributed by atoms with Gasteiger partial charge in [-0.1, -0.05) is 31.3 Å². The van der Waals surface area contributed by atoms with E-state index in [0.29, 0.717) is 56.7 Å². The molecule has 4 heterocycles. The van der Waals surface area contributed by atoms with E-state index in [0.717, 1.165) is 21.9 Å². The third-order valence-electron chi connectivity index (χ3n) is 6.55. The van der Waals surface area contributed by atoms with Crippen LogP contribution in [-0.2, 0) is 10.0 Å². The van der Waals surface area contributed by atoms with Crippen LogP contribution >= 0.6 is 11.3 Å². The van der Waals surface area contributed by atoms with Gasteiger partial charge in [-0.25, -0.2) is 18.4 Å². The van der Waals surface area contributed by atoms with Crippen molar-refractivity contribution in [3.8, 4) is 0 Å². The lowest BCUT2D eigenvalue weighted by atomic mass is 9.94. The van der Waals surface area contributed by atoms with E-state index in [1.807, 2.05) is 12.1 Å². The fraction of sp³-hybridized carbons (Fsp3) is 0.458. The summed E-state index contributed by atoms with van der Waals surface area (Å²) in [6, 6.07) is 10.3. The molecule has 1 aromatic carbocycles. The number of rotatable bonds is 4. The van der Waals surface area contributed by atoms with Crippen molar-refractivity contribution in [2.75, 3.05) is 44.2 Å². The summed E-state index contributed by atoms with van der Waals surface area (Å²) in [6.07, 6.45) is 2.80. The van der Waals surface area contributed by atoms with Crippen LogP contribution in [-0.4, -0.2) is 72.8 Å². The van der Waals surface area contributed by atoms with Crippen LogP contribution in [0, 0.1) is 11.8 Å². The molecule has 180 valence electrons. The standard InChI is InChI=1S/C24H29N5O3S2/c1-17-13-18(2)16-29(15-17)34(31,32)20-6-3-5-19(14-20)23(30)27-9-11-28(12-10-27)24-26-21-7-4-8-25-22(21)33-24/h3-8,14,17-18H,9-13,15-16H2,1-2H3. The second-order valence-corrected chi connectivity index (χ2v) is 12.3. The summed E-state index contributed by atoms with van der Waals surface area (Å²) in [5, 5.41) is 0.916. The number of nitrogens with zero attached hydrogens (tertiary/aromatic N) is 5. The highest BCUT2D eigenvalue weighted by Crippen LogP contribution is 2.29. The van der Waals surface area contributed by atoms with Crippen molar-refractivity contribution in [3.05, 3.63) is 48.2 Å². The summed E-state index contributed by atoms with van der Waals surface area (Å²) in [5.41, 5.74) is 1.30. The van der Waals surface area contributed by atoms with Gasteiger partial charge in [0.1, 0.15) is 10.3 Å². The van der Waals surface area contributed by atoms with Gasteiger partial charge >= 0.3 is 0 Å². The quantitative estimate of drug-likeness (QED) is 0.547. The number of piperidine rings is 1. The molecule has 2 aromatic heterocycles. The lowest BCUT2D eigenvalue weighted by Crippen LogP contribution is -2.48. The number of hydrogen-bond donors (Lipinski definition) is 0. The molecule has 2 aliphatic heterocycles. The molecule has 2 unspecified atom stereocenters. The summed E-state index contributed by atoms with van der Waals surface area (Å²) < 4.78 is 28.1. The molecule has 0 spiro atoms. The highest BCUT2D eigenvalue weighted by Gasteiger charge is 2.32. The SMILES string of the molecule is CC1CC(C)CN(S(=O)(=O)c2cccc(C(=O)N3CCN(c4nc5cccnc5s4)CC3)c2)C1. The Morgan fingerprint density at radius 3 is 2.47 bits per heavy atom. The van der Waals surface area contributed by atoms with E-state index in [1.54, 1.807) is 44.9 Å². The number of anilines is 1. The number of amides is 1. The molecule has 3 aromatic rings. The normalized spacial score (nSPS) is 22.3. The van der Waals surface area contributed by atoms with Crippen LogP contribution in [0.2, 0.25) is 0 Å². The van der Waals surface area contributed by atoms with Crippen LogP contribution < -0.4 is 4.90 Å². The molecule has 8 nitrogen and oxygen atoms in total. The highest BCUT2D eigenvalue weighted by atomic mass is 32.2. The number of carbonyl (C=O) groups excluding carboxylic acids is 1. The summed E-state index contributed by atoms with van der Waals surface area (Å²) >= 11 is 1.56. The van der Waals surface area contributed by atoms with E-state index in [2.05, 4.69) is 28.7 Å². The van der Waals surface area contributed by atoms with Gasteiger partial charge in [-0.15, -0.1) is 0 Å². The summed E-state index contributed by atoms with van der Waals surface area (Å²) in [4.78, 5) is 27.3. The minimum Gasteiger partial charge on any atom is -0.344 e. The number of aromatic nitrogens is 2. The Morgan fingerprint density at radius 1 is 1.03 bits per heavy atom. The van der Waals surface area contributed by atoms with Crippen LogP contribution in [0.3, 0.4) is 0 Å². The summed E-state index contributed by atoms with van der Waals surface area (Å²) in [6.45, 7) is 7.67. The fourth-order valence-electron chi connectivity index (χ4n) is 4.92. The van der Waals surface area contributed by atoms with Crippen LogP contribution in [0.25, 0.3) is 10.3 Å². The first-order chi connectivity index (χ1) is 16.3. The van der Waals surface area contributed by atoms with E-state index in [9.17, 15) is 13.2 Å². The third-order valence-corrected chi connectivity index (χ3v) is 9.41. The van der Waals surface area contributed by atoms with Gasteiger partial charge in [0.25, 0.3) is 5.91 Å². The van der Waals surface area contributed by atoms with Crippen molar-refractivity contribution >= 4 is 42.7 Å². The second kappa shape index (κ2) is 9.24. The topological polar surface area (TPSA) is 86.7 Å². The van der Waals surface area contributed by atoms with Crippen LogP contribution in [0.15, 0.2) is 47.5 Å². The molecule has 2 fully saturated rings. The van der Waals surface area contributed by atoms with Gasteiger partial charge in [0, 0.05) is 51.0 Å². The Morgan fingerprint density at radius 2 is 1.76 bits per heavy atom. The number of sulfonamides is 1. The number of piperazine rings is 1. The average Bonchev–Trinajstić information content (AvgIpc) is 3.27. The molecule has 0 radical (unpaired) electrons. The van der Waals surface area contributed by atoms with Crippen molar-refractivity contribution in [2.45, 2.75) is 25.2 Å². The number of hydrogen-bond acceptors (Lipinski definition) is 7. The molecular formula is C24H29N5O3S2. The minimum atomic E-state index is -3.63. The first-order valence-corrected chi connectivity index (χ1v) is 13.9. The number of benzene rings is 1. The Labute approximate surface area is 204 Å². The van der Waals surface area contributed by atoms with Gasteiger partial charge in [0.05, 0.1) is 4.90 Å². The number of fused-ring (bicyclic) bond motifs is 1. The van der Waals surface area contributed by atoms with Crippen LogP contribution in [0.1, 0.15) is 30.6 Å². The molecule has 2 aliphatic rings. The van der Waals surface area contributed by atoms with E-state index in [1.165, 1.54) is 6.07 Å². The summed E-state index contributed by atoms with van der Waals surface area (Å²) in [7, 11) is -3.63. The Kier molecular flexibility index (Phi) is 6.30. The second-order valence-electron chi connectivity index (χ2n) is 9.40. The lowest BCUT2D eigenvalue weighted by molar-refractivity contribution is 0.0746. The minimum absolute atomic E-state index is 0.136. The van der Waals surface area contributed by atoms with E-state index >= 15 is 0 Å². The Bertz CT molecular complexity index is 1260. The number of carbonyl (C=O) groups is 1. The molecule has 0 N–H and O–H groups in total. The number of pyridine rings is 1. The molecule has 0 bridgehead atoms. The molecule has 0 aliphatic carbocycles. The predicted molar refractivity (Wildman–Crippen MR) is 134 cm³/mol. The number of thiazole rings is 1. The maximum atomic E-state index is 13.3. The van der Waals surface area contributed by atoms with Crippen molar-refractivity contribution < 1.29 is 13.2 Å². The van der Waals surface area contributed by atoms with Crippen molar-refractivity contribution in [1.82, 2.24) is 19.2 Å². The largest absolute Gasteiger partial charge is 0.344 e. The zero-order chi connectivity index (χ0) is 23.9. The van der Waals surface area contributed by atoms with Gasteiger partial charge in [-0.05, 0) is 48.6 Å². The van der Waals surface area contributed by atoms with Crippen molar-refractivity contribution in [3.63, 3.8) is 0 Å². The molecule has 0 saturated carbocycles. The molecule has 5 rings (SSSR count). The van der Waals surface area contributed by atoms with Gasteiger partial charge in [0.15, 0.2) is 5.13 Å². The third kappa shape index (κ3) is 4.54. The highest BCUT2D eigenvalue weighted by molar-refractivity contribution is 7.89. The molecule has 34 heavy (non-hydrogen) atoms. The van der Waals surface area contributed by atoms with E-state index in [4.69, 9.17) is 0 Å². The fourth-order valence-corrected chi connectivity index (χ4v) is 7.60. The van der Waals surface area contributed by atoms with Crippen molar-refractivity contribution in [2.24, 2.45) is 11.8 Å². The summed E-state index contributed by atoms with van der Waals surface area (Å²) in [5.74, 6) is 0.514. The lowest BCUT2D eigenvalue weighted by Gasteiger charge is -2.35. The monoisotopic (exact) mass is 499 g/mol. The molecule has 2 atom stereocenters. The Hall–Kier alpha value is -2.56. The molecule has 10 heteroatoms. The predicted octanol–water partition coefficient (Wildman–Crippen LogP) is 3.32. The Balaban J connectivity index is 1.28. The van der Waals surface area contributed by atoms with Crippen molar-refractivity contribution in [1.29, 1.82) is 0 Å². The maximum Gasteiger partial charge on any atom is 0.254 e. The first kappa shape index (κ1) is 23.2. The van der Waals surface area contributed by atoms with Gasteiger partial charge < -0.3 is 9.80 Å². The maximum absolute atomic E-state index is 13.3. The van der Waals surface area contributed by atoms with Gasteiger partial charge in [-0.2, -0.15) is 4.31 Å². The van der Waals surface area contributed by atoms with Crippen LogP contribution in [0.4, 0.5) is 5.13 Å². The molecule has 1 amide bonds. The first-order valence-electron chi connectivity index (χ1n) is 11.7. The molecular weight excluding hydrogens is 470 g/mol. The van der Waals surface area contributed by atoms with E-state index < -0.39 is 10.0 Å². The van der Waals surface area contributed by atoms with Gasteiger partial charge in [-0.3, -0.25) is 4.79 Å². The van der Waals surface area contributed by atoms with Gasteiger partial charge in [0.2, 0.25) is 10.0 Å². The zero-order valence-electron chi connectivity index (χ0n) is 19.4. The van der Waals surface area contributed by atoms with E-state index in [-0.39, 0.29) is 10.8 Å². The average molecular weight is 500 g/mol. The van der Waals surface area contributed by atoms with Crippen LogP contribution in [0.5, 0.6) is 0 Å². The smallest absolute Gasteiger partial charge is 0.254 e. The molecule has 2 saturated heterocycles. The zero-order valence-corrected chi connectivity index (χ0v) is 21.1.